The summed E-state index contributed by atoms with van der Waals surface area (Å²) in [7, 11) is 0. The van der Waals surface area contributed by atoms with E-state index in [0.29, 0.717) is 11.4 Å². The predicted octanol–water partition coefficient (Wildman–Crippen LogP) is 2.43. The van der Waals surface area contributed by atoms with Crippen molar-refractivity contribution >= 4 is 17.6 Å². The zero-order chi connectivity index (χ0) is 14.5. The van der Waals surface area contributed by atoms with Crippen LogP contribution in [0.1, 0.15) is 21.6 Å². The van der Waals surface area contributed by atoms with Gasteiger partial charge in [-0.25, -0.2) is 4.79 Å². The smallest absolute Gasteiger partial charge is 0.355 e. The molecule has 5 heteroatoms. The number of aromatic amines is 1. The Morgan fingerprint density at radius 2 is 2.00 bits per heavy atom. The third-order valence-electron chi connectivity index (χ3n) is 2.94. The molecule has 0 radical (unpaired) electrons. The first kappa shape index (κ1) is 13.9. The number of H-pyrrole nitrogens is 1. The van der Waals surface area contributed by atoms with Gasteiger partial charge in [-0.05, 0) is 49.2 Å². The highest BCUT2D eigenvalue weighted by molar-refractivity contribution is 5.94. The van der Waals surface area contributed by atoms with Gasteiger partial charge in [0.05, 0.1) is 0 Å². The number of benzene rings is 1. The number of ether oxygens (including phenoxy) is 1. The van der Waals surface area contributed by atoms with Crippen molar-refractivity contribution in [3.05, 3.63) is 53.3 Å². The van der Waals surface area contributed by atoms with Crippen LogP contribution >= 0.6 is 0 Å². The van der Waals surface area contributed by atoms with Crippen molar-refractivity contribution in [3.63, 3.8) is 0 Å². The van der Waals surface area contributed by atoms with Gasteiger partial charge in [-0.1, -0.05) is 6.07 Å². The molecule has 0 spiro atoms. The Kier molecular flexibility index (Phi) is 4.20. The number of aryl methyl sites for hydroxylation is 2. The number of amides is 1. The van der Waals surface area contributed by atoms with Crippen LogP contribution in [-0.4, -0.2) is 23.5 Å². The largest absolute Gasteiger partial charge is 0.451 e. The number of rotatable bonds is 4. The van der Waals surface area contributed by atoms with Gasteiger partial charge < -0.3 is 15.0 Å². The highest BCUT2D eigenvalue weighted by atomic mass is 16.5. The van der Waals surface area contributed by atoms with Gasteiger partial charge in [0.15, 0.2) is 6.61 Å². The summed E-state index contributed by atoms with van der Waals surface area (Å²) in [6.07, 6.45) is 1.62. The Labute approximate surface area is 117 Å². The summed E-state index contributed by atoms with van der Waals surface area (Å²) >= 11 is 0. The maximum Gasteiger partial charge on any atom is 0.355 e. The van der Waals surface area contributed by atoms with Gasteiger partial charge in [0.25, 0.3) is 5.91 Å². The number of nitrogens with one attached hydrogen (secondary N) is 2. The van der Waals surface area contributed by atoms with Crippen LogP contribution in [0.15, 0.2) is 36.5 Å². The van der Waals surface area contributed by atoms with Gasteiger partial charge in [-0.2, -0.15) is 0 Å². The predicted molar refractivity (Wildman–Crippen MR) is 75.6 cm³/mol. The van der Waals surface area contributed by atoms with E-state index in [1.807, 2.05) is 32.0 Å². The normalized spacial score (nSPS) is 10.1. The van der Waals surface area contributed by atoms with Gasteiger partial charge in [0.2, 0.25) is 0 Å². The molecule has 0 unspecified atom stereocenters. The van der Waals surface area contributed by atoms with Gasteiger partial charge in [0.1, 0.15) is 5.69 Å². The minimum atomic E-state index is -0.551. The molecule has 0 aliphatic heterocycles. The standard InChI is InChI=1S/C15H16N2O3/c1-10-5-6-12(8-11(10)2)17-14(18)9-20-15(19)13-4-3-7-16-13/h3-8,16H,9H2,1-2H3,(H,17,18). The molecule has 2 aromatic rings. The fourth-order valence-corrected chi connectivity index (χ4v) is 1.68. The van der Waals surface area contributed by atoms with E-state index in [-0.39, 0.29) is 12.5 Å². The molecule has 104 valence electrons. The molecule has 5 nitrogen and oxygen atoms in total. The molecule has 1 aromatic heterocycles. The number of aromatic nitrogens is 1. The number of hydrogen-bond acceptors (Lipinski definition) is 3. The molecular formula is C15H16N2O3. The number of esters is 1. The minimum Gasteiger partial charge on any atom is -0.451 e. The molecule has 2 rings (SSSR count). The number of carbonyl (C=O) groups excluding carboxylic acids is 2. The van der Waals surface area contributed by atoms with Crippen molar-refractivity contribution in [1.82, 2.24) is 4.98 Å². The van der Waals surface area contributed by atoms with Crippen LogP contribution < -0.4 is 5.32 Å². The summed E-state index contributed by atoms with van der Waals surface area (Å²) in [5, 5.41) is 2.68. The van der Waals surface area contributed by atoms with E-state index in [1.54, 1.807) is 18.3 Å². The van der Waals surface area contributed by atoms with Gasteiger partial charge in [-0.3, -0.25) is 4.79 Å². The third kappa shape index (κ3) is 3.47. The molecule has 0 fully saturated rings. The lowest BCUT2D eigenvalue weighted by Crippen LogP contribution is -2.21. The first-order valence-electron chi connectivity index (χ1n) is 6.24. The van der Waals surface area contributed by atoms with Crippen LogP contribution in [0.25, 0.3) is 0 Å². The molecule has 20 heavy (non-hydrogen) atoms. The zero-order valence-electron chi connectivity index (χ0n) is 11.4. The van der Waals surface area contributed by atoms with Gasteiger partial charge >= 0.3 is 5.97 Å². The lowest BCUT2D eigenvalue weighted by molar-refractivity contribution is -0.119. The van der Waals surface area contributed by atoms with Crippen molar-refractivity contribution in [2.24, 2.45) is 0 Å². The van der Waals surface area contributed by atoms with E-state index < -0.39 is 5.97 Å². The summed E-state index contributed by atoms with van der Waals surface area (Å²) in [5.74, 6) is -0.918. The van der Waals surface area contributed by atoms with Crippen LogP contribution in [0, 0.1) is 13.8 Å². The number of carbonyl (C=O) groups is 2. The summed E-state index contributed by atoms with van der Waals surface area (Å²) in [5.41, 5.74) is 3.25. The Balaban J connectivity index is 1.86. The monoisotopic (exact) mass is 272 g/mol. The van der Waals surface area contributed by atoms with Crippen LogP contribution in [0.5, 0.6) is 0 Å². The summed E-state index contributed by atoms with van der Waals surface area (Å²) in [6.45, 7) is 3.65. The third-order valence-corrected chi connectivity index (χ3v) is 2.94. The highest BCUT2D eigenvalue weighted by Crippen LogP contribution is 2.14. The maximum atomic E-state index is 11.7. The SMILES string of the molecule is Cc1ccc(NC(=O)COC(=O)c2ccc[nH]2)cc1C. The zero-order valence-corrected chi connectivity index (χ0v) is 11.4. The topological polar surface area (TPSA) is 71.2 Å². The van der Waals surface area contributed by atoms with Gasteiger partial charge in [-0.15, -0.1) is 0 Å². The van der Waals surface area contributed by atoms with Crippen LogP contribution in [0.3, 0.4) is 0 Å². The first-order chi connectivity index (χ1) is 9.56. The number of hydrogen-bond donors (Lipinski definition) is 2. The van der Waals surface area contributed by atoms with Gasteiger partial charge in [0, 0.05) is 11.9 Å². The van der Waals surface area contributed by atoms with Crippen molar-refractivity contribution in [2.45, 2.75) is 13.8 Å². The van der Waals surface area contributed by atoms with Crippen molar-refractivity contribution in [1.29, 1.82) is 0 Å². The van der Waals surface area contributed by atoms with E-state index in [0.717, 1.165) is 11.1 Å². The Hall–Kier alpha value is -2.56. The average molecular weight is 272 g/mol. The molecule has 1 aromatic carbocycles. The van der Waals surface area contributed by atoms with Crippen molar-refractivity contribution < 1.29 is 14.3 Å². The molecule has 0 aliphatic rings. The van der Waals surface area contributed by atoms with Crippen LogP contribution in [0.4, 0.5) is 5.69 Å². The quantitative estimate of drug-likeness (QED) is 0.840. The number of anilines is 1. The fourth-order valence-electron chi connectivity index (χ4n) is 1.68. The van der Waals surface area contributed by atoms with E-state index in [9.17, 15) is 9.59 Å². The Morgan fingerprint density at radius 1 is 1.20 bits per heavy atom. The Morgan fingerprint density at radius 3 is 2.65 bits per heavy atom. The first-order valence-corrected chi connectivity index (χ1v) is 6.24. The average Bonchev–Trinajstić information content (AvgIpc) is 2.94. The van der Waals surface area contributed by atoms with Crippen molar-refractivity contribution in [2.75, 3.05) is 11.9 Å². The molecule has 0 saturated carbocycles. The Bertz CT molecular complexity index is 618. The van der Waals surface area contributed by atoms with E-state index in [4.69, 9.17) is 4.74 Å². The molecule has 0 atom stereocenters. The molecular weight excluding hydrogens is 256 g/mol. The maximum absolute atomic E-state index is 11.7. The minimum absolute atomic E-state index is 0.315. The summed E-state index contributed by atoms with van der Waals surface area (Å²) < 4.78 is 4.89. The summed E-state index contributed by atoms with van der Waals surface area (Å²) in [6, 6.07) is 8.89. The highest BCUT2D eigenvalue weighted by Gasteiger charge is 2.10. The second kappa shape index (κ2) is 6.06. The van der Waals surface area contributed by atoms with Crippen molar-refractivity contribution in [3.8, 4) is 0 Å². The molecule has 2 N–H and O–H groups in total. The fraction of sp³-hybridized carbons (Fsp3) is 0.200. The molecule has 0 bridgehead atoms. The molecule has 1 amide bonds. The lowest BCUT2D eigenvalue weighted by Gasteiger charge is -2.08. The van der Waals surface area contributed by atoms with Crippen LogP contribution in [-0.2, 0) is 9.53 Å². The lowest BCUT2D eigenvalue weighted by atomic mass is 10.1. The molecule has 0 saturated heterocycles. The second-order valence-corrected chi connectivity index (χ2v) is 4.51. The van der Waals surface area contributed by atoms with E-state index in [2.05, 4.69) is 10.3 Å². The van der Waals surface area contributed by atoms with E-state index in [1.165, 1.54) is 0 Å². The second-order valence-electron chi connectivity index (χ2n) is 4.51. The molecule has 1 heterocycles. The van der Waals surface area contributed by atoms with Crippen LogP contribution in [0.2, 0.25) is 0 Å². The summed E-state index contributed by atoms with van der Waals surface area (Å²) in [4.78, 5) is 25.9. The van der Waals surface area contributed by atoms with E-state index >= 15 is 0 Å². The molecule has 0 aliphatic carbocycles.